The largest absolute Gasteiger partial charge is 0.496 e. The maximum atomic E-state index is 6.71. The summed E-state index contributed by atoms with van der Waals surface area (Å²) in [5, 5.41) is 0.598. The maximum absolute atomic E-state index is 6.71. The number of aryl methyl sites for hydroxylation is 1. The van der Waals surface area contributed by atoms with Gasteiger partial charge < -0.3 is 4.74 Å². The van der Waals surface area contributed by atoms with Crippen molar-refractivity contribution in [2.75, 3.05) is 7.11 Å². The van der Waals surface area contributed by atoms with Gasteiger partial charge >= 0.3 is 0 Å². The number of benzene rings is 2. The van der Waals surface area contributed by atoms with Gasteiger partial charge in [0.1, 0.15) is 5.75 Å². The van der Waals surface area contributed by atoms with Gasteiger partial charge in [-0.3, -0.25) is 0 Å². The van der Waals surface area contributed by atoms with Crippen molar-refractivity contribution in [1.29, 1.82) is 0 Å². The Kier molecular flexibility index (Phi) is 5.48. The van der Waals surface area contributed by atoms with Crippen LogP contribution in [0.15, 0.2) is 28.7 Å². The number of alkyl halides is 1. The smallest absolute Gasteiger partial charge is 0.127 e. The first kappa shape index (κ1) is 17.0. The average molecular weight is 409 g/mol. The van der Waals surface area contributed by atoms with E-state index in [-0.39, 0.29) is 0 Å². The van der Waals surface area contributed by atoms with Crippen molar-refractivity contribution in [3.63, 3.8) is 0 Å². The molecule has 0 radical (unpaired) electrons. The van der Waals surface area contributed by atoms with E-state index in [1.807, 2.05) is 19.9 Å². The van der Waals surface area contributed by atoms with Gasteiger partial charge in [0, 0.05) is 25.6 Å². The lowest BCUT2D eigenvalue weighted by atomic mass is 9.96. The summed E-state index contributed by atoms with van der Waals surface area (Å²) in [4.78, 5) is 0. The Morgan fingerprint density at radius 3 is 2.19 bits per heavy atom. The molecule has 0 N–H and O–H groups in total. The fraction of sp³-hybridized carbons (Fsp3) is 0.250. The number of hydrogen-bond acceptors (Lipinski definition) is 1. The van der Waals surface area contributed by atoms with Crippen LogP contribution >= 0.6 is 50.7 Å². The number of halogens is 4. The summed E-state index contributed by atoms with van der Waals surface area (Å²) < 4.78 is 6.52. The van der Waals surface area contributed by atoms with Crippen molar-refractivity contribution in [2.24, 2.45) is 0 Å². The van der Waals surface area contributed by atoms with E-state index in [0.717, 1.165) is 26.9 Å². The molecule has 112 valence electrons. The highest BCUT2D eigenvalue weighted by molar-refractivity contribution is 9.10. The molecular weight excluding hydrogens is 394 g/mol. The molecule has 0 aliphatic carbocycles. The Bertz CT molecular complexity index is 665. The Morgan fingerprint density at radius 2 is 1.67 bits per heavy atom. The molecule has 0 aromatic heterocycles. The maximum Gasteiger partial charge on any atom is 0.127 e. The van der Waals surface area contributed by atoms with E-state index in [0.29, 0.717) is 15.6 Å². The first-order valence-electron chi connectivity index (χ1n) is 6.30. The fourth-order valence-electron chi connectivity index (χ4n) is 2.35. The number of methoxy groups -OCH3 is 1. The number of hydrogen-bond donors (Lipinski definition) is 0. The minimum Gasteiger partial charge on any atom is -0.496 e. The predicted octanol–water partition coefficient (Wildman–Crippen LogP) is 6.71. The second-order valence-corrected chi connectivity index (χ2v) is 6.85. The second-order valence-electron chi connectivity index (χ2n) is 4.75. The molecule has 0 amide bonds. The molecular formula is C16H14BrCl3O. The molecule has 2 aromatic rings. The van der Waals surface area contributed by atoms with Gasteiger partial charge in [0.25, 0.3) is 0 Å². The Balaban J connectivity index is 2.71. The standard InChI is InChI=1S/C16H14BrCl3O/c1-8-7-10(17)9(2)13(16(8)21-3)15(20)14-11(18)5-4-6-12(14)19/h4-7,15H,1-3H3. The van der Waals surface area contributed by atoms with Crippen molar-refractivity contribution >= 4 is 50.7 Å². The monoisotopic (exact) mass is 406 g/mol. The van der Waals surface area contributed by atoms with Crippen LogP contribution in [-0.4, -0.2) is 7.11 Å². The van der Waals surface area contributed by atoms with E-state index in [1.54, 1.807) is 25.3 Å². The fourth-order valence-corrected chi connectivity index (χ4v) is 4.13. The topological polar surface area (TPSA) is 9.23 Å². The van der Waals surface area contributed by atoms with Crippen molar-refractivity contribution in [3.8, 4) is 5.75 Å². The Morgan fingerprint density at radius 1 is 1.10 bits per heavy atom. The van der Waals surface area contributed by atoms with Crippen LogP contribution in [0.25, 0.3) is 0 Å². The molecule has 5 heteroatoms. The summed E-state index contributed by atoms with van der Waals surface area (Å²) in [5.74, 6) is 0.756. The third kappa shape index (κ3) is 3.19. The molecule has 1 unspecified atom stereocenters. The lowest BCUT2D eigenvalue weighted by molar-refractivity contribution is 0.406. The highest BCUT2D eigenvalue weighted by atomic mass is 79.9. The first-order valence-corrected chi connectivity index (χ1v) is 8.28. The molecule has 2 rings (SSSR count). The SMILES string of the molecule is COc1c(C)cc(Br)c(C)c1C(Cl)c1c(Cl)cccc1Cl. The molecule has 0 aliphatic rings. The summed E-state index contributed by atoms with van der Waals surface area (Å²) in [6.07, 6.45) is 0. The minimum atomic E-state index is -0.489. The van der Waals surface area contributed by atoms with Crippen molar-refractivity contribution in [2.45, 2.75) is 19.2 Å². The molecule has 1 nitrogen and oxygen atoms in total. The van der Waals surface area contributed by atoms with Crippen LogP contribution in [-0.2, 0) is 0 Å². The van der Waals surface area contributed by atoms with E-state index < -0.39 is 5.38 Å². The van der Waals surface area contributed by atoms with E-state index >= 15 is 0 Å². The molecule has 0 bridgehead atoms. The van der Waals surface area contributed by atoms with E-state index in [1.165, 1.54) is 0 Å². The summed E-state index contributed by atoms with van der Waals surface area (Å²) in [5.41, 5.74) is 3.58. The van der Waals surface area contributed by atoms with E-state index in [9.17, 15) is 0 Å². The average Bonchev–Trinajstić information content (AvgIpc) is 2.42. The normalized spacial score (nSPS) is 12.3. The highest BCUT2D eigenvalue weighted by Gasteiger charge is 2.25. The van der Waals surface area contributed by atoms with Gasteiger partial charge in [0.05, 0.1) is 12.5 Å². The first-order chi connectivity index (χ1) is 9.88. The predicted molar refractivity (Wildman–Crippen MR) is 94.3 cm³/mol. The third-order valence-corrected chi connectivity index (χ3v) is 5.34. The molecule has 0 spiro atoms. The molecule has 0 saturated carbocycles. The molecule has 0 aliphatic heterocycles. The van der Waals surface area contributed by atoms with E-state index in [2.05, 4.69) is 15.9 Å². The van der Waals surface area contributed by atoms with Crippen molar-refractivity contribution in [3.05, 3.63) is 61.0 Å². The minimum absolute atomic E-state index is 0.489. The van der Waals surface area contributed by atoms with Crippen LogP contribution in [0.4, 0.5) is 0 Å². The lowest BCUT2D eigenvalue weighted by Crippen LogP contribution is -2.04. The van der Waals surface area contributed by atoms with Gasteiger partial charge in [-0.05, 0) is 43.2 Å². The third-order valence-electron chi connectivity index (χ3n) is 3.42. The zero-order chi connectivity index (χ0) is 15.7. The second kappa shape index (κ2) is 6.78. The lowest BCUT2D eigenvalue weighted by Gasteiger charge is -2.21. The molecule has 1 atom stereocenters. The summed E-state index contributed by atoms with van der Waals surface area (Å²) in [7, 11) is 1.64. The van der Waals surface area contributed by atoms with Gasteiger partial charge in [-0.25, -0.2) is 0 Å². The summed E-state index contributed by atoms with van der Waals surface area (Å²) in [6.45, 7) is 3.96. The van der Waals surface area contributed by atoms with Crippen LogP contribution in [0, 0.1) is 13.8 Å². The van der Waals surface area contributed by atoms with Gasteiger partial charge in [0.15, 0.2) is 0 Å². The molecule has 21 heavy (non-hydrogen) atoms. The van der Waals surface area contributed by atoms with Crippen LogP contribution in [0.2, 0.25) is 10.0 Å². The quantitative estimate of drug-likeness (QED) is 0.513. The van der Waals surface area contributed by atoms with Crippen LogP contribution < -0.4 is 4.74 Å². The van der Waals surface area contributed by atoms with Crippen molar-refractivity contribution < 1.29 is 4.74 Å². The summed E-state index contributed by atoms with van der Waals surface area (Å²) >= 11 is 22.8. The number of ether oxygens (including phenoxy) is 1. The summed E-state index contributed by atoms with van der Waals surface area (Å²) in [6, 6.07) is 7.37. The molecule has 0 fully saturated rings. The highest BCUT2D eigenvalue weighted by Crippen LogP contribution is 2.45. The van der Waals surface area contributed by atoms with Crippen LogP contribution in [0.5, 0.6) is 5.75 Å². The Hall–Kier alpha value is -0.410. The van der Waals surface area contributed by atoms with Gasteiger partial charge in [0.2, 0.25) is 0 Å². The van der Waals surface area contributed by atoms with Gasteiger partial charge in [-0.15, -0.1) is 11.6 Å². The van der Waals surface area contributed by atoms with Crippen molar-refractivity contribution in [1.82, 2.24) is 0 Å². The zero-order valence-corrected chi connectivity index (χ0v) is 15.7. The molecule has 2 aromatic carbocycles. The molecule has 0 heterocycles. The van der Waals surface area contributed by atoms with Crippen LogP contribution in [0.3, 0.4) is 0 Å². The van der Waals surface area contributed by atoms with Gasteiger partial charge in [-0.2, -0.15) is 0 Å². The Labute approximate surface area is 148 Å². The van der Waals surface area contributed by atoms with Crippen LogP contribution in [0.1, 0.15) is 27.6 Å². The van der Waals surface area contributed by atoms with E-state index in [4.69, 9.17) is 39.5 Å². The molecule has 0 saturated heterocycles. The number of rotatable bonds is 3. The zero-order valence-electron chi connectivity index (χ0n) is 11.8. The van der Waals surface area contributed by atoms with Gasteiger partial charge in [-0.1, -0.05) is 45.2 Å².